The molecule has 1 aliphatic rings. The minimum atomic E-state index is -3.15. The van der Waals surface area contributed by atoms with Gasteiger partial charge in [-0.2, -0.15) is 0 Å². The second kappa shape index (κ2) is 5.29. The first-order valence-corrected chi connectivity index (χ1v) is 5.90. The Balaban J connectivity index is 2.94. The third kappa shape index (κ3) is 2.76. The van der Waals surface area contributed by atoms with Gasteiger partial charge in [-0.05, 0) is 25.2 Å². The monoisotopic (exact) mass is 250 g/mol. The molecule has 0 N–H and O–H groups in total. The van der Waals surface area contributed by atoms with E-state index in [-0.39, 0.29) is 25.4 Å². The molecule has 1 fully saturated rings. The van der Waals surface area contributed by atoms with Crippen LogP contribution in [0.5, 0.6) is 0 Å². The quantitative estimate of drug-likeness (QED) is 0.719. The third-order valence-corrected chi connectivity index (χ3v) is 3.38. The van der Waals surface area contributed by atoms with Crippen molar-refractivity contribution in [1.82, 2.24) is 0 Å². The second-order valence-corrected chi connectivity index (χ2v) is 5.01. The van der Waals surface area contributed by atoms with Crippen molar-refractivity contribution in [2.45, 2.75) is 39.0 Å². The van der Waals surface area contributed by atoms with Crippen LogP contribution in [0.4, 0.5) is 8.78 Å². The molecule has 0 aromatic carbocycles. The number of ether oxygens (including phenoxy) is 2. The molecule has 100 valence electrons. The summed E-state index contributed by atoms with van der Waals surface area (Å²) in [5.74, 6) is -3.69. The third-order valence-electron chi connectivity index (χ3n) is 3.38. The molecule has 0 aromatic heterocycles. The van der Waals surface area contributed by atoms with Crippen molar-refractivity contribution < 1.29 is 23.0 Å². The van der Waals surface area contributed by atoms with E-state index in [0.29, 0.717) is 6.42 Å². The van der Waals surface area contributed by atoms with Gasteiger partial charge < -0.3 is 9.47 Å². The molecule has 0 radical (unpaired) electrons. The summed E-state index contributed by atoms with van der Waals surface area (Å²) in [7, 11) is 1.16. The Bertz CT molecular complexity index is 279. The Morgan fingerprint density at radius 2 is 2.12 bits per heavy atom. The molecule has 17 heavy (non-hydrogen) atoms. The predicted octanol–water partition coefficient (Wildman–Crippen LogP) is 2.64. The van der Waals surface area contributed by atoms with Gasteiger partial charge >= 0.3 is 5.97 Å². The highest BCUT2D eigenvalue weighted by Gasteiger charge is 2.61. The van der Waals surface area contributed by atoms with Crippen molar-refractivity contribution in [2.24, 2.45) is 11.3 Å². The van der Waals surface area contributed by atoms with Gasteiger partial charge in [0, 0.05) is 6.61 Å². The molecular formula is C12H20F2O3. The zero-order chi connectivity index (χ0) is 13.1. The van der Waals surface area contributed by atoms with Gasteiger partial charge in [0.05, 0.1) is 7.11 Å². The summed E-state index contributed by atoms with van der Waals surface area (Å²) in [6, 6.07) is 0. The summed E-state index contributed by atoms with van der Waals surface area (Å²) in [6.07, 6.45) is 0.748. The number of rotatable bonds is 4. The Hall–Kier alpha value is -0.710. The number of carbonyl (C=O) groups excluding carboxylic acids is 1. The number of alkyl halides is 2. The van der Waals surface area contributed by atoms with Crippen LogP contribution in [-0.2, 0) is 14.3 Å². The minimum Gasteiger partial charge on any atom is -0.468 e. The molecule has 0 spiro atoms. The molecule has 1 heterocycles. The fourth-order valence-electron chi connectivity index (χ4n) is 2.16. The van der Waals surface area contributed by atoms with Crippen LogP contribution in [0.2, 0.25) is 0 Å². The molecule has 0 saturated carbocycles. The Kier molecular flexibility index (Phi) is 4.47. The number of hydrogen-bond acceptors (Lipinski definition) is 3. The fourth-order valence-corrected chi connectivity index (χ4v) is 2.16. The standard InChI is InChI=1S/C12H20F2O3/c1-9(2)4-5-11(10(15)16-3)6-7-17-8-12(11,13)14/h9H,4-8H2,1-3H3. The largest absolute Gasteiger partial charge is 0.468 e. The number of halogens is 2. The van der Waals surface area contributed by atoms with Gasteiger partial charge in [-0.1, -0.05) is 13.8 Å². The van der Waals surface area contributed by atoms with Gasteiger partial charge in [0.25, 0.3) is 5.92 Å². The maximum atomic E-state index is 14.0. The van der Waals surface area contributed by atoms with Crippen LogP contribution in [-0.4, -0.2) is 32.2 Å². The molecule has 0 bridgehead atoms. The zero-order valence-electron chi connectivity index (χ0n) is 10.6. The average molecular weight is 250 g/mol. The first-order valence-electron chi connectivity index (χ1n) is 5.90. The van der Waals surface area contributed by atoms with Crippen LogP contribution in [0.1, 0.15) is 33.1 Å². The van der Waals surface area contributed by atoms with Crippen LogP contribution in [0.3, 0.4) is 0 Å². The Labute approximate surface area is 100 Å². The van der Waals surface area contributed by atoms with Crippen LogP contribution in [0.15, 0.2) is 0 Å². The Morgan fingerprint density at radius 1 is 1.47 bits per heavy atom. The van der Waals surface area contributed by atoms with Gasteiger partial charge in [-0.15, -0.1) is 0 Å². The molecule has 0 aliphatic carbocycles. The molecule has 0 amide bonds. The van der Waals surface area contributed by atoms with Gasteiger partial charge in [0.2, 0.25) is 0 Å². The summed E-state index contributed by atoms with van der Waals surface area (Å²) in [5.41, 5.74) is -1.70. The maximum Gasteiger partial charge on any atom is 0.318 e. The van der Waals surface area contributed by atoms with Gasteiger partial charge in [-0.3, -0.25) is 4.79 Å². The van der Waals surface area contributed by atoms with E-state index in [9.17, 15) is 13.6 Å². The number of methoxy groups -OCH3 is 1. The number of carbonyl (C=O) groups is 1. The highest BCUT2D eigenvalue weighted by Crippen LogP contribution is 2.48. The highest BCUT2D eigenvalue weighted by molar-refractivity contribution is 5.78. The SMILES string of the molecule is COC(=O)C1(CCC(C)C)CCOCC1(F)F. The van der Waals surface area contributed by atoms with Gasteiger partial charge in [0.1, 0.15) is 12.0 Å². The summed E-state index contributed by atoms with van der Waals surface area (Å²) in [6.45, 7) is 3.38. The molecule has 5 heteroatoms. The van der Waals surface area contributed by atoms with E-state index in [1.807, 2.05) is 13.8 Å². The molecule has 1 aliphatic heterocycles. The molecule has 3 nitrogen and oxygen atoms in total. The summed E-state index contributed by atoms with van der Waals surface area (Å²) < 4.78 is 37.3. The van der Waals surface area contributed by atoms with Gasteiger partial charge in [0.15, 0.2) is 0 Å². The normalized spacial score (nSPS) is 28.1. The van der Waals surface area contributed by atoms with Crippen molar-refractivity contribution in [3.63, 3.8) is 0 Å². The first-order chi connectivity index (χ1) is 7.85. The van der Waals surface area contributed by atoms with E-state index >= 15 is 0 Å². The van der Waals surface area contributed by atoms with Crippen molar-refractivity contribution in [3.8, 4) is 0 Å². The molecule has 1 unspecified atom stereocenters. The molecule has 1 saturated heterocycles. The number of esters is 1. The molecular weight excluding hydrogens is 230 g/mol. The summed E-state index contributed by atoms with van der Waals surface area (Å²) >= 11 is 0. The second-order valence-electron chi connectivity index (χ2n) is 5.01. The lowest BCUT2D eigenvalue weighted by Gasteiger charge is -2.41. The Morgan fingerprint density at radius 3 is 2.59 bits per heavy atom. The van der Waals surface area contributed by atoms with E-state index in [2.05, 4.69) is 4.74 Å². The number of hydrogen-bond donors (Lipinski definition) is 0. The predicted molar refractivity (Wildman–Crippen MR) is 58.9 cm³/mol. The molecule has 1 atom stereocenters. The topological polar surface area (TPSA) is 35.5 Å². The van der Waals surface area contributed by atoms with Crippen LogP contribution >= 0.6 is 0 Å². The van der Waals surface area contributed by atoms with E-state index in [1.54, 1.807) is 0 Å². The zero-order valence-corrected chi connectivity index (χ0v) is 10.6. The van der Waals surface area contributed by atoms with Crippen molar-refractivity contribution >= 4 is 5.97 Å². The van der Waals surface area contributed by atoms with Gasteiger partial charge in [-0.25, -0.2) is 8.78 Å². The maximum absolute atomic E-state index is 14.0. The van der Waals surface area contributed by atoms with E-state index in [0.717, 1.165) is 7.11 Å². The molecule has 1 rings (SSSR count). The lowest BCUT2D eigenvalue weighted by Crippen LogP contribution is -2.54. The van der Waals surface area contributed by atoms with E-state index in [4.69, 9.17) is 4.74 Å². The van der Waals surface area contributed by atoms with Crippen LogP contribution in [0.25, 0.3) is 0 Å². The average Bonchev–Trinajstić information content (AvgIpc) is 2.26. The van der Waals surface area contributed by atoms with Crippen LogP contribution < -0.4 is 0 Å². The first kappa shape index (κ1) is 14.4. The molecule has 0 aromatic rings. The lowest BCUT2D eigenvalue weighted by molar-refractivity contribution is -0.223. The van der Waals surface area contributed by atoms with Crippen molar-refractivity contribution in [1.29, 1.82) is 0 Å². The fraction of sp³-hybridized carbons (Fsp3) is 0.917. The van der Waals surface area contributed by atoms with Crippen LogP contribution in [0, 0.1) is 11.3 Å². The highest BCUT2D eigenvalue weighted by atomic mass is 19.3. The minimum absolute atomic E-state index is 0.0272. The summed E-state index contributed by atoms with van der Waals surface area (Å²) in [5, 5.41) is 0. The van der Waals surface area contributed by atoms with E-state index in [1.165, 1.54) is 0 Å². The van der Waals surface area contributed by atoms with Crippen molar-refractivity contribution in [2.75, 3.05) is 20.3 Å². The smallest absolute Gasteiger partial charge is 0.318 e. The summed E-state index contributed by atoms with van der Waals surface area (Å²) in [4.78, 5) is 11.8. The van der Waals surface area contributed by atoms with E-state index < -0.39 is 23.9 Å². The van der Waals surface area contributed by atoms with Crippen molar-refractivity contribution in [3.05, 3.63) is 0 Å². The lowest BCUT2D eigenvalue weighted by atomic mass is 9.72.